The number of nitrogens with zero attached hydrogens (tertiary/aromatic N) is 4. The zero-order chi connectivity index (χ0) is 25.1. The number of carbonyl (C=O) groups excluding carboxylic acids is 2. The predicted octanol–water partition coefficient (Wildman–Crippen LogP) is 5.55. The smallest absolute Gasteiger partial charge is 0.406 e. The third-order valence-electron chi connectivity index (χ3n) is 5.85. The van der Waals surface area contributed by atoms with Gasteiger partial charge in [0.05, 0.1) is 33.6 Å². The largest absolute Gasteiger partial charge is 0.573 e. The number of rotatable bonds is 4. The van der Waals surface area contributed by atoms with Crippen LogP contribution in [0, 0.1) is 6.92 Å². The number of aryl methyl sites for hydroxylation is 1. The second-order valence-electron chi connectivity index (χ2n) is 8.48. The monoisotopic (exact) mass is 480 g/mol. The summed E-state index contributed by atoms with van der Waals surface area (Å²) in [5.74, 6) is -1.02. The van der Waals surface area contributed by atoms with Crippen LogP contribution in [0.2, 0.25) is 0 Å². The molecule has 2 aromatic heterocycles. The van der Waals surface area contributed by atoms with E-state index >= 15 is 0 Å². The van der Waals surface area contributed by atoms with Crippen LogP contribution in [-0.4, -0.2) is 32.9 Å². The molecular formula is C25H19F3N4O3. The van der Waals surface area contributed by atoms with Crippen molar-refractivity contribution in [1.82, 2.24) is 14.8 Å². The standard InChI is InChI=1S/C25H19F3N4O3/c1-13(2)15-4-6-16(7-5-15)31-23(33)19-12-29-22-20(21(19)24(31)34)14(3)30-32(22)17-8-10-18(11-9-17)35-25(26,27)28/h4-13H,1-3H3. The van der Waals surface area contributed by atoms with Crippen molar-refractivity contribution in [2.75, 3.05) is 4.90 Å². The maximum absolute atomic E-state index is 13.4. The quantitative estimate of drug-likeness (QED) is 0.358. The number of anilines is 1. The van der Waals surface area contributed by atoms with Gasteiger partial charge in [-0.25, -0.2) is 14.6 Å². The minimum atomic E-state index is -4.80. The van der Waals surface area contributed by atoms with Crippen LogP contribution in [0.5, 0.6) is 5.75 Å². The molecule has 2 aromatic carbocycles. The Kier molecular flexibility index (Phi) is 5.12. The summed E-state index contributed by atoms with van der Waals surface area (Å²) in [6.07, 6.45) is -3.47. The molecule has 1 aliphatic heterocycles. The molecule has 35 heavy (non-hydrogen) atoms. The van der Waals surface area contributed by atoms with Gasteiger partial charge in [0.1, 0.15) is 5.75 Å². The number of alkyl halides is 3. The second-order valence-corrected chi connectivity index (χ2v) is 8.48. The van der Waals surface area contributed by atoms with Crippen molar-refractivity contribution in [3.05, 3.63) is 77.1 Å². The van der Waals surface area contributed by atoms with Crippen LogP contribution in [-0.2, 0) is 0 Å². The van der Waals surface area contributed by atoms with Gasteiger partial charge in [-0.05, 0) is 54.8 Å². The minimum Gasteiger partial charge on any atom is -0.406 e. The van der Waals surface area contributed by atoms with Crippen LogP contribution in [0.3, 0.4) is 0 Å². The molecule has 2 amide bonds. The molecule has 0 fully saturated rings. The van der Waals surface area contributed by atoms with E-state index in [0.717, 1.165) is 22.6 Å². The highest BCUT2D eigenvalue weighted by molar-refractivity contribution is 6.37. The van der Waals surface area contributed by atoms with E-state index in [0.29, 0.717) is 34.0 Å². The highest BCUT2D eigenvalue weighted by Gasteiger charge is 2.40. The summed E-state index contributed by atoms with van der Waals surface area (Å²) in [5.41, 5.74) is 3.10. The van der Waals surface area contributed by atoms with Crippen LogP contribution in [0.1, 0.15) is 51.7 Å². The lowest BCUT2D eigenvalue weighted by molar-refractivity contribution is -0.274. The van der Waals surface area contributed by atoms with E-state index in [1.54, 1.807) is 19.1 Å². The highest BCUT2D eigenvalue weighted by Crippen LogP contribution is 2.35. The van der Waals surface area contributed by atoms with Crippen LogP contribution in [0.25, 0.3) is 16.7 Å². The topological polar surface area (TPSA) is 77.3 Å². The SMILES string of the molecule is Cc1nn(-c2ccc(OC(F)(F)F)cc2)c2ncc3c(c12)C(=O)N(c1ccc(C(C)C)cc1)C3=O. The molecule has 7 nitrogen and oxygen atoms in total. The van der Waals surface area contributed by atoms with Gasteiger partial charge in [-0.2, -0.15) is 5.10 Å². The Hall–Kier alpha value is -4.21. The molecule has 0 saturated heterocycles. The van der Waals surface area contributed by atoms with Crippen molar-refractivity contribution >= 4 is 28.5 Å². The van der Waals surface area contributed by atoms with Gasteiger partial charge in [0.25, 0.3) is 11.8 Å². The molecule has 4 aromatic rings. The molecule has 0 unspecified atom stereocenters. The number of ether oxygens (including phenoxy) is 1. The number of fused-ring (bicyclic) bond motifs is 3. The third kappa shape index (κ3) is 3.80. The molecule has 178 valence electrons. The Balaban J connectivity index is 1.56. The highest BCUT2D eigenvalue weighted by atomic mass is 19.4. The van der Waals surface area contributed by atoms with Gasteiger partial charge in [0.15, 0.2) is 5.65 Å². The minimum absolute atomic E-state index is 0.173. The molecule has 0 spiro atoms. The fraction of sp³-hybridized carbons (Fsp3) is 0.200. The van der Waals surface area contributed by atoms with Crippen LogP contribution < -0.4 is 9.64 Å². The molecule has 0 atom stereocenters. The van der Waals surface area contributed by atoms with E-state index in [4.69, 9.17) is 0 Å². The average Bonchev–Trinajstić information content (AvgIpc) is 3.27. The number of halogens is 3. The van der Waals surface area contributed by atoms with Crippen molar-refractivity contribution < 1.29 is 27.5 Å². The van der Waals surface area contributed by atoms with Gasteiger partial charge in [0, 0.05) is 6.20 Å². The van der Waals surface area contributed by atoms with Gasteiger partial charge in [-0.1, -0.05) is 26.0 Å². The van der Waals surface area contributed by atoms with Gasteiger partial charge < -0.3 is 4.74 Å². The van der Waals surface area contributed by atoms with Gasteiger partial charge >= 0.3 is 6.36 Å². The first kappa shape index (κ1) is 22.6. The summed E-state index contributed by atoms with van der Waals surface area (Å²) in [6, 6.07) is 12.4. The molecule has 0 bridgehead atoms. The normalized spacial score (nSPS) is 13.7. The average molecular weight is 480 g/mol. The zero-order valence-electron chi connectivity index (χ0n) is 18.9. The van der Waals surface area contributed by atoms with Gasteiger partial charge in [-0.3, -0.25) is 9.59 Å². The molecule has 3 heterocycles. The van der Waals surface area contributed by atoms with E-state index in [1.165, 1.54) is 23.0 Å². The van der Waals surface area contributed by atoms with E-state index < -0.39 is 18.2 Å². The van der Waals surface area contributed by atoms with Crippen molar-refractivity contribution in [2.24, 2.45) is 0 Å². The number of carbonyl (C=O) groups is 2. The van der Waals surface area contributed by atoms with Crippen molar-refractivity contribution in [3.63, 3.8) is 0 Å². The first-order valence-electron chi connectivity index (χ1n) is 10.8. The van der Waals surface area contributed by atoms with Crippen LogP contribution in [0.15, 0.2) is 54.7 Å². The lowest BCUT2D eigenvalue weighted by atomic mass is 10.0. The van der Waals surface area contributed by atoms with Gasteiger partial charge in [0.2, 0.25) is 0 Å². The van der Waals surface area contributed by atoms with E-state index in [9.17, 15) is 22.8 Å². The molecule has 5 rings (SSSR count). The number of benzene rings is 2. The summed E-state index contributed by atoms with van der Waals surface area (Å²) in [7, 11) is 0. The van der Waals surface area contributed by atoms with E-state index in [-0.39, 0.29) is 16.9 Å². The second kappa shape index (κ2) is 7.93. The van der Waals surface area contributed by atoms with E-state index in [1.807, 2.05) is 12.1 Å². The lowest BCUT2D eigenvalue weighted by Crippen LogP contribution is -2.29. The van der Waals surface area contributed by atoms with Crippen molar-refractivity contribution in [1.29, 1.82) is 0 Å². The number of aromatic nitrogens is 3. The number of amides is 2. The Morgan fingerprint density at radius 2 is 1.54 bits per heavy atom. The molecule has 0 N–H and O–H groups in total. The maximum atomic E-state index is 13.4. The third-order valence-corrected chi connectivity index (χ3v) is 5.85. The van der Waals surface area contributed by atoms with Crippen molar-refractivity contribution in [2.45, 2.75) is 33.1 Å². The fourth-order valence-corrected chi connectivity index (χ4v) is 4.17. The maximum Gasteiger partial charge on any atom is 0.573 e. The molecular weight excluding hydrogens is 461 g/mol. The number of imide groups is 1. The summed E-state index contributed by atoms with van der Waals surface area (Å²) >= 11 is 0. The predicted molar refractivity (Wildman–Crippen MR) is 122 cm³/mol. The Labute approximate surface area is 197 Å². The van der Waals surface area contributed by atoms with E-state index in [2.05, 4.69) is 28.7 Å². The fourth-order valence-electron chi connectivity index (χ4n) is 4.17. The summed E-state index contributed by atoms with van der Waals surface area (Å²) in [5, 5.41) is 4.85. The zero-order valence-corrected chi connectivity index (χ0v) is 18.9. The van der Waals surface area contributed by atoms with Crippen LogP contribution in [0.4, 0.5) is 18.9 Å². The Bertz CT molecular complexity index is 1470. The molecule has 0 saturated carbocycles. The summed E-state index contributed by atoms with van der Waals surface area (Å²) < 4.78 is 42.7. The lowest BCUT2D eigenvalue weighted by Gasteiger charge is -2.15. The Morgan fingerprint density at radius 3 is 2.14 bits per heavy atom. The molecule has 0 aliphatic carbocycles. The molecule has 1 aliphatic rings. The molecule has 10 heteroatoms. The number of hydrogen-bond donors (Lipinski definition) is 0. The summed E-state index contributed by atoms with van der Waals surface area (Å²) in [4.78, 5) is 32.1. The van der Waals surface area contributed by atoms with Gasteiger partial charge in [-0.15, -0.1) is 13.2 Å². The molecule has 0 radical (unpaired) electrons. The van der Waals surface area contributed by atoms with Crippen LogP contribution >= 0.6 is 0 Å². The number of hydrogen-bond acceptors (Lipinski definition) is 5. The first-order valence-corrected chi connectivity index (χ1v) is 10.8. The number of pyridine rings is 1. The summed E-state index contributed by atoms with van der Waals surface area (Å²) in [6.45, 7) is 5.78. The Morgan fingerprint density at radius 1 is 0.914 bits per heavy atom. The first-order chi connectivity index (χ1) is 16.5. The van der Waals surface area contributed by atoms with Crippen molar-refractivity contribution in [3.8, 4) is 11.4 Å².